The predicted octanol–water partition coefficient (Wildman–Crippen LogP) is 3.79. The maximum atomic E-state index is 12.2. The molecule has 0 N–H and O–H groups in total. The van der Waals surface area contributed by atoms with Crippen LogP contribution < -0.4 is 0 Å². The van der Waals surface area contributed by atoms with Crippen molar-refractivity contribution >= 4 is 11.7 Å². The van der Waals surface area contributed by atoms with Crippen molar-refractivity contribution in [3.63, 3.8) is 0 Å². The normalized spacial score (nSPS) is 18.0. The van der Waals surface area contributed by atoms with Gasteiger partial charge in [-0.3, -0.25) is 10.1 Å². The third kappa shape index (κ3) is 3.35. The first-order valence-electron chi connectivity index (χ1n) is 7.68. The summed E-state index contributed by atoms with van der Waals surface area (Å²) in [5.41, 5.74) is 3.83. The number of carbonyl (C=O) groups is 1. The molecule has 2 aromatic rings. The number of nitrogens with zero attached hydrogens (tertiary/aromatic N) is 1. The molecule has 24 heavy (non-hydrogen) atoms. The third-order valence-corrected chi connectivity index (χ3v) is 4.23. The van der Waals surface area contributed by atoms with Gasteiger partial charge in [0, 0.05) is 30.0 Å². The number of rotatable bonds is 5. The van der Waals surface area contributed by atoms with E-state index in [1.54, 1.807) is 12.1 Å². The zero-order chi connectivity index (χ0) is 17.1. The van der Waals surface area contributed by atoms with Gasteiger partial charge in [-0.15, -0.1) is 0 Å². The second-order valence-corrected chi connectivity index (χ2v) is 5.76. The van der Waals surface area contributed by atoms with Crippen molar-refractivity contribution in [3.05, 3.63) is 87.0 Å². The van der Waals surface area contributed by atoms with Crippen LogP contribution in [0.5, 0.6) is 0 Å². The molecule has 1 aliphatic carbocycles. The minimum atomic E-state index is -0.435. The molecule has 0 heterocycles. The Morgan fingerprint density at radius 1 is 1.17 bits per heavy atom. The van der Waals surface area contributed by atoms with Crippen LogP contribution in [0, 0.1) is 10.1 Å². The quantitative estimate of drug-likeness (QED) is 0.363. The SMILES string of the molecule is COC(=O)/C(Cc1ccc([N+](=O)[O-])cc1)=C1/CC1c1ccccc1. The fourth-order valence-electron chi connectivity index (χ4n) is 2.88. The molecule has 1 atom stereocenters. The number of benzene rings is 2. The van der Waals surface area contributed by atoms with Crippen LogP contribution in [-0.2, 0) is 16.0 Å². The lowest BCUT2D eigenvalue weighted by molar-refractivity contribution is -0.384. The number of ether oxygens (including phenoxy) is 1. The molecule has 0 amide bonds. The van der Waals surface area contributed by atoms with Crippen LogP contribution >= 0.6 is 0 Å². The summed E-state index contributed by atoms with van der Waals surface area (Å²) >= 11 is 0. The molecule has 1 unspecified atom stereocenters. The zero-order valence-corrected chi connectivity index (χ0v) is 13.3. The van der Waals surface area contributed by atoms with Gasteiger partial charge in [-0.25, -0.2) is 4.79 Å². The van der Waals surface area contributed by atoms with Crippen LogP contribution in [0.25, 0.3) is 0 Å². The van der Waals surface area contributed by atoms with E-state index in [4.69, 9.17) is 4.74 Å². The van der Waals surface area contributed by atoms with Gasteiger partial charge in [0.25, 0.3) is 5.69 Å². The molecule has 0 aromatic heterocycles. The lowest BCUT2D eigenvalue weighted by Gasteiger charge is -2.06. The molecular weight excluding hydrogens is 306 g/mol. The summed E-state index contributed by atoms with van der Waals surface area (Å²) in [6.07, 6.45) is 1.27. The van der Waals surface area contributed by atoms with Crippen molar-refractivity contribution < 1.29 is 14.5 Å². The monoisotopic (exact) mass is 323 g/mol. The van der Waals surface area contributed by atoms with E-state index in [1.807, 2.05) is 18.2 Å². The highest BCUT2D eigenvalue weighted by Crippen LogP contribution is 2.49. The zero-order valence-electron chi connectivity index (χ0n) is 13.3. The maximum Gasteiger partial charge on any atom is 0.334 e. The highest BCUT2D eigenvalue weighted by atomic mass is 16.6. The second-order valence-electron chi connectivity index (χ2n) is 5.76. The Balaban J connectivity index is 1.85. The molecular formula is C19H17NO4. The molecule has 1 aliphatic rings. The van der Waals surface area contributed by atoms with Crippen LogP contribution in [0.2, 0.25) is 0 Å². The molecule has 5 heteroatoms. The van der Waals surface area contributed by atoms with E-state index in [2.05, 4.69) is 12.1 Å². The summed E-state index contributed by atoms with van der Waals surface area (Å²) in [5, 5.41) is 10.7. The van der Waals surface area contributed by atoms with Gasteiger partial charge in [-0.1, -0.05) is 48.0 Å². The molecule has 0 spiro atoms. The number of allylic oxidation sites excluding steroid dienone is 1. The standard InChI is InChI=1S/C19H17NO4/c1-24-19(21)18(11-13-7-9-15(10-8-13)20(22)23)17-12-16(17)14-5-3-2-4-6-14/h2-10,16H,11-12H2,1H3/b18-17-. The van der Waals surface area contributed by atoms with E-state index in [0.717, 1.165) is 17.6 Å². The smallest absolute Gasteiger partial charge is 0.334 e. The highest BCUT2D eigenvalue weighted by Gasteiger charge is 2.36. The Kier molecular flexibility index (Phi) is 4.42. The van der Waals surface area contributed by atoms with Crippen molar-refractivity contribution in [2.45, 2.75) is 18.8 Å². The Hall–Kier alpha value is -2.95. The molecule has 1 saturated carbocycles. The van der Waals surface area contributed by atoms with Crippen LogP contribution in [0.3, 0.4) is 0 Å². The van der Waals surface area contributed by atoms with Gasteiger partial charge >= 0.3 is 5.97 Å². The highest BCUT2D eigenvalue weighted by molar-refractivity contribution is 5.91. The topological polar surface area (TPSA) is 69.4 Å². The van der Waals surface area contributed by atoms with Crippen LogP contribution in [-0.4, -0.2) is 18.0 Å². The summed E-state index contributed by atoms with van der Waals surface area (Å²) < 4.78 is 4.93. The lowest BCUT2D eigenvalue weighted by atomic mass is 10.0. The summed E-state index contributed by atoms with van der Waals surface area (Å²) in [5.74, 6) is -0.0693. The molecule has 0 radical (unpaired) electrons. The van der Waals surface area contributed by atoms with Gasteiger partial charge in [0.2, 0.25) is 0 Å². The Morgan fingerprint density at radius 3 is 2.42 bits per heavy atom. The first-order valence-corrected chi connectivity index (χ1v) is 7.68. The summed E-state index contributed by atoms with van der Waals surface area (Å²) in [6.45, 7) is 0. The Morgan fingerprint density at radius 2 is 1.83 bits per heavy atom. The Labute approximate surface area is 139 Å². The van der Waals surface area contributed by atoms with Gasteiger partial charge < -0.3 is 4.74 Å². The van der Waals surface area contributed by atoms with E-state index in [0.29, 0.717) is 12.0 Å². The summed E-state index contributed by atoms with van der Waals surface area (Å²) in [6, 6.07) is 16.3. The molecule has 3 rings (SSSR count). The van der Waals surface area contributed by atoms with Crippen molar-refractivity contribution in [1.82, 2.24) is 0 Å². The van der Waals surface area contributed by atoms with Crippen molar-refractivity contribution in [2.24, 2.45) is 0 Å². The first-order chi connectivity index (χ1) is 11.6. The second kappa shape index (κ2) is 6.66. The number of hydrogen-bond acceptors (Lipinski definition) is 4. The molecule has 0 aliphatic heterocycles. The molecule has 0 saturated heterocycles. The molecule has 2 aromatic carbocycles. The number of non-ortho nitro benzene ring substituents is 1. The summed E-state index contributed by atoms with van der Waals surface area (Å²) in [7, 11) is 1.37. The van der Waals surface area contributed by atoms with Gasteiger partial charge in [-0.05, 0) is 17.5 Å². The van der Waals surface area contributed by atoms with E-state index in [-0.39, 0.29) is 17.6 Å². The minimum Gasteiger partial charge on any atom is -0.466 e. The van der Waals surface area contributed by atoms with Crippen LogP contribution in [0.15, 0.2) is 65.7 Å². The number of hydrogen-bond donors (Lipinski definition) is 0. The van der Waals surface area contributed by atoms with E-state index >= 15 is 0 Å². The van der Waals surface area contributed by atoms with Crippen molar-refractivity contribution in [2.75, 3.05) is 7.11 Å². The van der Waals surface area contributed by atoms with E-state index in [1.165, 1.54) is 24.8 Å². The maximum absolute atomic E-state index is 12.2. The van der Waals surface area contributed by atoms with E-state index < -0.39 is 4.92 Å². The molecule has 5 nitrogen and oxygen atoms in total. The molecule has 1 fully saturated rings. The van der Waals surface area contributed by atoms with Gasteiger partial charge in [0.05, 0.1) is 12.0 Å². The Bertz CT molecular complexity index is 794. The average molecular weight is 323 g/mol. The van der Waals surface area contributed by atoms with Gasteiger partial charge in [0.15, 0.2) is 0 Å². The van der Waals surface area contributed by atoms with Crippen molar-refractivity contribution in [3.8, 4) is 0 Å². The van der Waals surface area contributed by atoms with Gasteiger partial charge in [0.1, 0.15) is 0 Å². The van der Waals surface area contributed by atoms with Crippen molar-refractivity contribution in [1.29, 1.82) is 0 Å². The minimum absolute atomic E-state index is 0.0413. The predicted molar refractivity (Wildman–Crippen MR) is 89.6 cm³/mol. The third-order valence-electron chi connectivity index (χ3n) is 4.23. The number of methoxy groups -OCH3 is 1. The van der Waals surface area contributed by atoms with E-state index in [9.17, 15) is 14.9 Å². The first kappa shape index (κ1) is 15.9. The number of esters is 1. The number of carbonyl (C=O) groups excluding carboxylic acids is 1. The lowest BCUT2D eigenvalue weighted by Crippen LogP contribution is -2.08. The number of nitro groups is 1. The fourth-order valence-corrected chi connectivity index (χ4v) is 2.88. The fraction of sp³-hybridized carbons (Fsp3) is 0.211. The average Bonchev–Trinajstić information content (AvgIpc) is 3.40. The van der Waals surface area contributed by atoms with Crippen LogP contribution in [0.1, 0.15) is 23.5 Å². The molecule has 0 bridgehead atoms. The summed E-state index contributed by atoms with van der Waals surface area (Å²) in [4.78, 5) is 22.5. The number of nitro benzene ring substituents is 1. The van der Waals surface area contributed by atoms with Gasteiger partial charge in [-0.2, -0.15) is 0 Å². The largest absolute Gasteiger partial charge is 0.466 e. The molecule has 122 valence electrons. The van der Waals surface area contributed by atoms with Crippen LogP contribution in [0.4, 0.5) is 5.69 Å².